The standard InChI is InChI=1S/C14H19NO2S/c1-10(2)17-13-6-4-3-5-12(13)15-8-11(9-18)7-14(15)16/h3-6,10-11,18H,7-9H2,1-2H3. The van der Waals surface area contributed by atoms with Gasteiger partial charge < -0.3 is 9.64 Å². The minimum atomic E-state index is 0.101. The van der Waals surface area contributed by atoms with Gasteiger partial charge in [-0.05, 0) is 37.7 Å². The van der Waals surface area contributed by atoms with Crippen LogP contribution in [0.15, 0.2) is 24.3 Å². The fraction of sp³-hybridized carbons (Fsp3) is 0.500. The third-order valence-electron chi connectivity index (χ3n) is 2.98. The lowest BCUT2D eigenvalue weighted by molar-refractivity contribution is -0.117. The Balaban J connectivity index is 2.25. The summed E-state index contributed by atoms with van der Waals surface area (Å²) in [6.45, 7) is 4.71. The van der Waals surface area contributed by atoms with Gasteiger partial charge in [0.05, 0.1) is 11.8 Å². The quantitative estimate of drug-likeness (QED) is 0.848. The summed E-state index contributed by atoms with van der Waals surface area (Å²) >= 11 is 4.28. The highest BCUT2D eigenvalue weighted by Gasteiger charge is 2.31. The average molecular weight is 265 g/mol. The normalized spacial score (nSPS) is 19.7. The van der Waals surface area contributed by atoms with Crippen LogP contribution in [0, 0.1) is 5.92 Å². The van der Waals surface area contributed by atoms with Gasteiger partial charge in [-0.15, -0.1) is 0 Å². The van der Waals surface area contributed by atoms with Crippen LogP contribution in [0.5, 0.6) is 5.75 Å². The zero-order chi connectivity index (χ0) is 13.1. The van der Waals surface area contributed by atoms with Crippen LogP contribution in [0.25, 0.3) is 0 Å². The second-order valence-corrected chi connectivity index (χ2v) is 5.26. The molecule has 1 heterocycles. The first-order chi connectivity index (χ1) is 8.61. The van der Waals surface area contributed by atoms with Gasteiger partial charge in [0.15, 0.2) is 0 Å². The molecule has 1 aromatic rings. The van der Waals surface area contributed by atoms with Crippen molar-refractivity contribution in [1.82, 2.24) is 0 Å². The van der Waals surface area contributed by atoms with Gasteiger partial charge in [0.25, 0.3) is 0 Å². The van der Waals surface area contributed by atoms with E-state index in [9.17, 15) is 4.79 Å². The fourth-order valence-corrected chi connectivity index (χ4v) is 2.42. The van der Waals surface area contributed by atoms with E-state index >= 15 is 0 Å². The van der Waals surface area contributed by atoms with Crippen LogP contribution in [0.4, 0.5) is 5.69 Å². The van der Waals surface area contributed by atoms with Crippen LogP contribution < -0.4 is 9.64 Å². The number of nitrogens with zero attached hydrogens (tertiary/aromatic N) is 1. The van der Waals surface area contributed by atoms with E-state index in [1.807, 2.05) is 43.0 Å². The highest BCUT2D eigenvalue weighted by molar-refractivity contribution is 7.80. The number of carbonyl (C=O) groups is 1. The van der Waals surface area contributed by atoms with Gasteiger partial charge in [-0.1, -0.05) is 12.1 Å². The monoisotopic (exact) mass is 265 g/mol. The molecule has 18 heavy (non-hydrogen) atoms. The highest BCUT2D eigenvalue weighted by atomic mass is 32.1. The molecule has 0 radical (unpaired) electrons. The molecule has 1 unspecified atom stereocenters. The molecular weight excluding hydrogens is 246 g/mol. The Labute approximate surface area is 114 Å². The molecule has 1 fully saturated rings. The molecule has 98 valence electrons. The Morgan fingerprint density at radius 3 is 2.78 bits per heavy atom. The number of hydrogen-bond acceptors (Lipinski definition) is 3. The Hall–Kier alpha value is -1.16. The molecule has 1 amide bonds. The van der Waals surface area contributed by atoms with E-state index in [-0.39, 0.29) is 12.0 Å². The molecule has 0 aliphatic carbocycles. The minimum Gasteiger partial charge on any atom is -0.489 e. The zero-order valence-corrected chi connectivity index (χ0v) is 11.7. The molecule has 0 saturated carbocycles. The van der Waals surface area contributed by atoms with Gasteiger partial charge in [0.2, 0.25) is 5.91 Å². The fourth-order valence-electron chi connectivity index (χ4n) is 2.17. The molecule has 4 heteroatoms. The maximum Gasteiger partial charge on any atom is 0.227 e. The summed E-state index contributed by atoms with van der Waals surface area (Å²) in [7, 11) is 0. The average Bonchev–Trinajstić information content (AvgIpc) is 2.70. The molecular formula is C14H19NO2S. The zero-order valence-electron chi connectivity index (χ0n) is 10.8. The van der Waals surface area contributed by atoms with Crippen molar-refractivity contribution in [3.8, 4) is 5.75 Å². The van der Waals surface area contributed by atoms with E-state index in [1.165, 1.54) is 0 Å². The van der Waals surface area contributed by atoms with E-state index in [2.05, 4.69) is 12.6 Å². The largest absolute Gasteiger partial charge is 0.489 e. The molecule has 0 aromatic heterocycles. The number of amides is 1. The van der Waals surface area contributed by atoms with Crippen LogP contribution in [0.2, 0.25) is 0 Å². The van der Waals surface area contributed by atoms with Crippen molar-refractivity contribution in [3.63, 3.8) is 0 Å². The number of para-hydroxylation sites is 2. The van der Waals surface area contributed by atoms with Crippen molar-refractivity contribution < 1.29 is 9.53 Å². The Bertz CT molecular complexity index is 434. The van der Waals surface area contributed by atoms with Gasteiger partial charge in [-0.3, -0.25) is 4.79 Å². The number of rotatable bonds is 4. The molecule has 1 saturated heterocycles. The molecule has 1 aliphatic rings. The third-order valence-corrected chi connectivity index (χ3v) is 3.50. The van der Waals surface area contributed by atoms with Crippen molar-refractivity contribution in [2.75, 3.05) is 17.2 Å². The molecule has 0 N–H and O–H groups in total. The summed E-state index contributed by atoms with van der Waals surface area (Å²) in [5.74, 6) is 2.03. The molecule has 0 spiro atoms. The van der Waals surface area contributed by atoms with Gasteiger partial charge >= 0.3 is 0 Å². The first-order valence-electron chi connectivity index (χ1n) is 6.28. The summed E-state index contributed by atoms with van der Waals surface area (Å²) in [6.07, 6.45) is 0.684. The second-order valence-electron chi connectivity index (χ2n) is 4.89. The van der Waals surface area contributed by atoms with Gasteiger partial charge in [0, 0.05) is 13.0 Å². The molecule has 1 aromatic carbocycles. The van der Waals surface area contributed by atoms with Crippen LogP contribution in [-0.2, 0) is 4.79 Å². The third kappa shape index (κ3) is 2.80. The number of anilines is 1. The van der Waals surface area contributed by atoms with Crippen LogP contribution in [0.3, 0.4) is 0 Å². The van der Waals surface area contributed by atoms with E-state index < -0.39 is 0 Å². The summed E-state index contributed by atoms with van der Waals surface area (Å²) in [5.41, 5.74) is 0.875. The SMILES string of the molecule is CC(C)Oc1ccccc1N1CC(CS)CC1=O. The first-order valence-corrected chi connectivity index (χ1v) is 6.92. The molecule has 1 atom stereocenters. The van der Waals surface area contributed by atoms with Crippen molar-refractivity contribution in [2.45, 2.75) is 26.4 Å². The number of thiol groups is 1. The van der Waals surface area contributed by atoms with E-state index in [1.54, 1.807) is 0 Å². The molecule has 0 bridgehead atoms. The van der Waals surface area contributed by atoms with Crippen LogP contribution in [0.1, 0.15) is 20.3 Å². The van der Waals surface area contributed by atoms with Crippen LogP contribution >= 0.6 is 12.6 Å². The predicted octanol–water partition coefficient (Wildman–Crippen LogP) is 2.76. The lowest BCUT2D eigenvalue weighted by atomic mass is 10.1. The smallest absolute Gasteiger partial charge is 0.227 e. The van der Waals surface area contributed by atoms with E-state index in [4.69, 9.17) is 4.74 Å². The topological polar surface area (TPSA) is 29.5 Å². The lowest BCUT2D eigenvalue weighted by Crippen LogP contribution is -2.25. The summed E-state index contributed by atoms with van der Waals surface area (Å²) in [6, 6.07) is 7.72. The maximum absolute atomic E-state index is 12.0. The van der Waals surface area contributed by atoms with Crippen molar-refractivity contribution in [1.29, 1.82) is 0 Å². The van der Waals surface area contributed by atoms with Crippen molar-refractivity contribution >= 4 is 24.2 Å². The second kappa shape index (κ2) is 5.65. The van der Waals surface area contributed by atoms with Gasteiger partial charge in [-0.25, -0.2) is 0 Å². The molecule has 2 rings (SSSR count). The summed E-state index contributed by atoms with van der Waals surface area (Å²) in [4.78, 5) is 13.8. The Kier molecular flexibility index (Phi) is 4.17. The molecule has 3 nitrogen and oxygen atoms in total. The first kappa shape index (κ1) is 13.3. The Morgan fingerprint density at radius 1 is 1.44 bits per heavy atom. The van der Waals surface area contributed by atoms with Gasteiger partial charge in [-0.2, -0.15) is 12.6 Å². The number of hydrogen-bond donors (Lipinski definition) is 1. The molecule has 1 aliphatic heterocycles. The van der Waals surface area contributed by atoms with Crippen molar-refractivity contribution in [2.24, 2.45) is 5.92 Å². The van der Waals surface area contributed by atoms with Crippen molar-refractivity contribution in [3.05, 3.63) is 24.3 Å². The van der Waals surface area contributed by atoms with E-state index in [0.29, 0.717) is 12.3 Å². The summed E-state index contributed by atoms with van der Waals surface area (Å²) in [5, 5.41) is 0. The minimum absolute atomic E-state index is 0.101. The van der Waals surface area contributed by atoms with E-state index in [0.717, 1.165) is 23.7 Å². The number of benzene rings is 1. The highest BCUT2D eigenvalue weighted by Crippen LogP contribution is 2.33. The number of carbonyl (C=O) groups excluding carboxylic acids is 1. The van der Waals surface area contributed by atoms with Gasteiger partial charge in [0.1, 0.15) is 5.75 Å². The summed E-state index contributed by atoms with van der Waals surface area (Å²) < 4.78 is 5.76. The Morgan fingerprint density at radius 2 is 2.17 bits per heavy atom. The predicted molar refractivity (Wildman–Crippen MR) is 76.5 cm³/mol. The lowest BCUT2D eigenvalue weighted by Gasteiger charge is -2.21. The van der Waals surface area contributed by atoms with Crippen LogP contribution in [-0.4, -0.2) is 24.3 Å². The maximum atomic E-state index is 12.0. The number of ether oxygens (including phenoxy) is 1.